The van der Waals surface area contributed by atoms with Gasteiger partial charge in [0.15, 0.2) is 0 Å². The fourth-order valence-corrected chi connectivity index (χ4v) is 7.88. The minimum Gasteiger partial charge on any atom is -0.393 e. The van der Waals surface area contributed by atoms with Gasteiger partial charge >= 0.3 is 0 Å². The highest BCUT2D eigenvalue weighted by molar-refractivity contribution is 7.89. The van der Waals surface area contributed by atoms with Gasteiger partial charge in [0, 0.05) is 29.9 Å². The molecule has 10 nitrogen and oxygen atoms in total. The van der Waals surface area contributed by atoms with Gasteiger partial charge in [-0.3, -0.25) is 4.79 Å². The summed E-state index contributed by atoms with van der Waals surface area (Å²) in [5, 5.41) is 31.7. The number of aliphatic hydroxyl groups is 2. The van der Waals surface area contributed by atoms with E-state index in [1.165, 1.54) is 6.07 Å². The first kappa shape index (κ1) is 24.6. The summed E-state index contributed by atoms with van der Waals surface area (Å²) in [6, 6.07) is 3.56. The summed E-state index contributed by atoms with van der Waals surface area (Å²) in [5.74, 6) is -1.76. The number of amides is 1. The van der Waals surface area contributed by atoms with Crippen LogP contribution in [0.3, 0.4) is 0 Å². The maximum absolute atomic E-state index is 13.7. The van der Waals surface area contributed by atoms with E-state index in [0.717, 1.165) is 18.9 Å². The minimum absolute atomic E-state index is 0.00224. The summed E-state index contributed by atoms with van der Waals surface area (Å²) in [6.07, 6.45) is 5.55. The molecule has 2 unspecified atom stereocenters. The van der Waals surface area contributed by atoms with Crippen LogP contribution in [0.5, 0.6) is 0 Å². The number of fused-ring (bicyclic) bond motifs is 3. The minimum atomic E-state index is -4.05. The highest BCUT2D eigenvalue weighted by atomic mass is 32.2. The van der Waals surface area contributed by atoms with Crippen molar-refractivity contribution in [2.24, 2.45) is 11.8 Å². The zero-order valence-electron chi connectivity index (χ0n) is 19.5. The van der Waals surface area contributed by atoms with E-state index in [9.17, 15) is 27.8 Å². The summed E-state index contributed by atoms with van der Waals surface area (Å²) in [5.41, 5.74) is -0.614. The number of nitrogens with zero attached hydrogens (tertiary/aromatic N) is 3. The number of aromatic nitrogens is 2. The Morgan fingerprint density at radius 1 is 1.33 bits per heavy atom. The van der Waals surface area contributed by atoms with Crippen molar-refractivity contribution in [3.8, 4) is 6.07 Å². The van der Waals surface area contributed by atoms with Crippen molar-refractivity contribution in [1.82, 2.24) is 14.3 Å². The van der Waals surface area contributed by atoms with Crippen LogP contribution in [-0.4, -0.2) is 52.3 Å². The molecule has 5 rings (SSSR count). The van der Waals surface area contributed by atoms with Crippen LogP contribution in [0.4, 0.5) is 10.1 Å². The number of anilines is 1. The van der Waals surface area contributed by atoms with E-state index in [2.05, 4.69) is 15.0 Å². The van der Waals surface area contributed by atoms with Crippen molar-refractivity contribution < 1.29 is 27.8 Å². The molecular weight excluding hydrogens is 489 g/mol. The second-order valence-electron chi connectivity index (χ2n) is 9.87. The van der Waals surface area contributed by atoms with Crippen molar-refractivity contribution in [1.29, 1.82) is 5.26 Å². The smallest absolute Gasteiger partial charge is 0.272 e. The predicted octanol–water partition coefficient (Wildman–Crippen LogP) is 1.67. The Hall–Kier alpha value is -3.11. The second-order valence-corrected chi connectivity index (χ2v) is 11.5. The third-order valence-electron chi connectivity index (χ3n) is 7.50. The Morgan fingerprint density at radius 2 is 2.03 bits per heavy atom. The summed E-state index contributed by atoms with van der Waals surface area (Å²) in [6.45, 7) is 1.49. The summed E-state index contributed by atoms with van der Waals surface area (Å²) in [4.78, 5) is 16.6. The first-order valence-corrected chi connectivity index (χ1v) is 13.2. The summed E-state index contributed by atoms with van der Waals surface area (Å²) in [7, 11) is -4.05. The Morgan fingerprint density at radius 3 is 2.67 bits per heavy atom. The third kappa shape index (κ3) is 4.12. The molecule has 0 spiro atoms. The van der Waals surface area contributed by atoms with Gasteiger partial charge in [-0.15, -0.1) is 0 Å². The maximum Gasteiger partial charge on any atom is 0.272 e. The number of hydrogen-bond donors (Lipinski definition) is 4. The number of carbonyl (C=O) groups excluding carboxylic acids is 1. The lowest BCUT2D eigenvalue weighted by atomic mass is 9.75. The lowest BCUT2D eigenvalue weighted by molar-refractivity contribution is -0.0672. The van der Waals surface area contributed by atoms with Crippen LogP contribution in [0.15, 0.2) is 23.1 Å². The molecule has 36 heavy (non-hydrogen) atoms. The third-order valence-corrected chi connectivity index (χ3v) is 9.13. The Balaban J connectivity index is 1.46. The molecule has 0 radical (unpaired) electrons. The monoisotopic (exact) mass is 515 g/mol. The number of sulfonamides is 1. The van der Waals surface area contributed by atoms with E-state index in [0.29, 0.717) is 25.1 Å². The lowest BCUT2D eigenvalue weighted by Gasteiger charge is -2.40. The average Bonchev–Trinajstić information content (AvgIpc) is 3.44. The Bertz CT molecular complexity index is 1410. The van der Waals surface area contributed by atoms with E-state index in [1.54, 1.807) is 29.7 Å². The fraction of sp³-hybridized carbons (Fsp3) is 0.458. The Kier molecular flexibility index (Phi) is 5.99. The highest BCUT2D eigenvalue weighted by Crippen LogP contribution is 2.47. The number of pyridine rings is 1. The van der Waals surface area contributed by atoms with Crippen molar-refractivity contribution >= 4 is 27.7 Å². The van der Waals surface area contributed by atoms with Crippen LogP contribution in [0.1, 0.15) is 53.1 Å². The normalized spacial score (nSPS) is 26.6. The Labute approximate surface area is 207 Å². The molecular formula is C24H26FN5O5S. The van der Waals surface area contributed by atoms with Crippen LogP contribution in [-0.2, 0) is 16.6 Å². The first-order chi connectivity index (χ1) is 17.0. The van der Waals surface area contributed by atoms with Gasteiger partial charge in [-0.2, -0.15) is 9.65 Å². The molecule has 2 bridgehead atoms. The van der Waals surface area contributed by atoms with Gasteiger partial charge in [-0.1, -0.05) is 6.08 Å². The van der Waals surface area contributed by atoms with Gasteiger partial charge in [0.25, 0.3) is 5.91 Å². The standard InChI is InChI=1S/C24H26FN5O5S/c1-13-21(23(32)28-16-7-17(11-26)27-19(25)8-16)30-6-2-3-18(30)22(13)36(34,35)29-20-14-4-5-15(20)10-24(33,9-14)12-31/h2-3,7-8,14-15,20,29,31,33H,4-6,9-10,12H2,1H3,(H,27,28,32). The van der Waals surface area contributed by atoms with E-state index >= 15 is 0 Å². The van der Waals surface area contributed by atoms with Crippen LogP contribution >= 0.6 is 0 Å². The molecule has 3 heterocycles. The van der Waals surface area contributed by atoms with E-state index < -0.39 is 27.5 Å². The zero-order chi connectivity index (χ0) is 25.8. The topological polar surface area (TPSA) is 157 Å². The molecule has 4 N–H and O–H groups in total. The fourth-order valence-electron chi connectivity index (χ4n) is 6.07. The van der Waals surface area contributed by atoms with Crippen LogP contribution in [0.25, 0.3) is 6.08 Å². The van der Waals surface area contributed by atoms with Crippen LogP contribution in [0.2, 0.25) is 0 Å². The molecule has 12 heteroatoms. The van der Waals surface area contributed by atoms with Crippen LogP contribution < -0.4 is 10.0 Å². The first-order valence-electron chi connectivity index (χ1n) is 11.7. The molecule has 1 aliphatic heterocycles. The van der Waals surface area contributed by atoms with Crippen molar-refractivity contribution in [2.45, 2.75) is 55.7 Å². The van der Waals surface area contributed by atoms with Gasteiger partial charge in [-0.05, 0) is 56.6 Å². The van der Waals surface area contributed by atoms with Crippen molar-refractivity contribution in [2.75, 3.05) is 11.9 Å². The van der Waals surface area contributed by atoms with Crippen molar-refractivity contribution in [3.63, 3.8) is 0 Å². The number of allylic oxidation sites excluding steroid dienone is 1. The average molecular weight is 516 g/mol. The molecule has 2 aromatic rings. The van der Waals surface area contributed by atoms with Gasteiger partial charge in [0.1, 0.15) is 22.4 Å². The number of nitriles is 1. The van der Waals surface area contributed by atoms with E-state index in [4.69, 9.17) is 5.26 Å². The van der Waals surface area contributed by atoms with Gasteiger partial charge in [0.2, 0.25) is 16.0 Å². The summed E-state index contributed by atoms with van der Waals surface area (Å²) < 4.78 is 45.5. The molecule has 2 aliphatic carbocycles. The molecule has 2 atom stereocenters. The molecule has 0 saturated heterocycles. The molecule has 190 valence electrons. The van der Waals surface area contributed by atoms with Crippen molar-refractivity contribution in [3.05, 3.63) is 46.8 Å². The molecule has 2 saturated carbocycles. The molecule has 1 amide bonds. The SMILES string of the molecule is Cc1c(S(=O)(=O)NC2C3CCC2CC(O)(CO)C3)c2n(c1C(=O)Nc1cc(F)nc(C#N)c1)CC=C2. The number of carbonyl (C=O) groups is 1. The van der Waals surface area contributed by atoms with Gasteiger partial charge in [0.05, 0.1) is 17.9 Å². The maximum atomic E-state index is 13.7. The number of halogens is 1. The number of nitrogens with one attached hydrogen (secondary N) is 2. The van der Waals surface area contributed by atoms with Gasteiger partial charge < -0.3 is 20.1 Å². The lowest BCUT2D eigenvalue weighted by Crippen LogP contribution is -2.51. The zero-order valence-corrected chi connectivity index (χ0v) is 20.3. The van der Waals surface area contributed by atoms with Gasteiger partial charge in [-0.25, -0.2) is 18.1 Å². The molecule has 3 aliphatic rings. The quantitative estimate of drug-likeness (QED) is 0.426. The summed E-state index contributed by atoms with van der Waals surface area (Å²) >= 11 is 0. The van der Waals surface area contributed by atoms with Crippen LogP contribution in [0, 0.1) is 36.0 Å². The predicted molar refractivity (Wildman–Crippen MR) is 127 cm³/mol. The molecule has 2 aromatic heterocycles. The number of aliphatic hydroxyl groups excluding tert-OH is 1. The number of rotatable bonds is 6. The second kappa shape index (κ2) is 8.77. The molecule has 0 aromatic carbocycles. The van der Waals surface area contributed by atoms with E-state index in [1.807, 2.05) is 0 Å². The largest absolute Gasteiger partial charge is 0.393 e. The van der Waals surface area contributed by atoms with E-state index in [-0.39, 0.29) is 52.0 Å². The number of hydrogen-bond acceptors (Lipinski definition) is 7. The highest BCUT2D eigenvalue weighted by Gasteiger charge is 2.50. The molecule has 2 fully saturated rings.